The van der Waals surface area contributed by atoms with Crippen molar-refractivity contribution in [2.45, 2.75) is 38.0 Å². The average Bonchev–Trinajstić information content (AvgIpc) is 2.84. The number of hydrogen-bond acceptors (Lipinski definition) is 3. The summed E-state index contributed by atoms with van der Waals surface area (Å²) < 4.78 is 14.9. The fourth-order valence-electron chi connectivity index (χ4n) is 1.93. The van der Waals surface area contributed by atoms with Crippen molar-refractivity contribution in [3.63, 3.8) is 0 Å². The second-order valence-electron chi connectivity index (χ2n) is 6.05. The summed E-state index contributed by atoms with van der Waals surface area (Å²) in [4.78, 5) is 16.1. The summed E-state index contributed by atoms with van der Waals surface area (Å²) in [6, 6.07) is 6.37. The Balaban J connectivity index is 1.95. The first kappa shape index (κ1) is 16.5. The van der Waals surface area contributed by atoms with Gasteiger partial charge in [0.15, 0.2) is 5.16 Å². The number of nitrogens with zero attached hydrogens (tertiary/aromatic N) is 2. The molecule has 0 radical (unpaired) electrons. The van der Waals surface area contributed by atoms with Gasteiger partial charge in [0.1, 0.15) is 5.82 Å². The molecule has 0 aliphatic heterocycles. The minimum atomic E-state index is -0.247. The summed E-state index contributed by atoms with van der Waals surface area (Å²) in [5, 5.41) is 3.69. The maximum atomic E-state index is 12.9. The molecule has 22 heavy (non-hydrogen) atoms. The van der Waals surface area contributed by atoms with E-state index in [-0.39, 0.29) is 17.3 Å². The van der Waals surface area contributed by atoms with Crippen molar-refractivity contribution >= 4 is 17.7 Å². The lowest BCUT2D eigenvalue weighted by Crippen LogP contribution is -2.41. The van der Waals surface area contributed by atoms with E-state index in [4.69, 9.17) is 0 Å². The van der Waals surface area contributed by atoms with Gasteiger partial charge < -0.3 is 9.88 Å². The fraction of sp³-hybridized carbons (Fsp3) is 0.375. The van der Waals surface area contributed by atoms with Crippen molar-refractivity contribution in [2.75, 3.05) is 5.75 Å². The van der Waals surface area contributed by atoms with Crippen molar-refractivity contribution in [3.05, 3.63) is 48.0 Å². The van der Waals surface area contributed by atoms with Crippen molar-refractivity contribution in [1.82, 2.24) is 14.9 Å². The summed E-state index contributed by atoms with van der Waals surface area (Å²) in [6.45, 7) is 6.45. The Morgan fingerprint density at radius 2 is 2.00 bits per heavy atom. The SMILES string of the molecule is CC(C)(C)NC(=O)CSc1nccn1Cc1ccc(F)cc1. The normalized spacial score (nSPS) is 11.5. The lowest BCUT2D eigenvalue weighted by atomic mass is 10.1. The number of imidazole rings is 1. The molecule has 0 bridgehead atoms. The van der Waals surface area contributed by atoms with Crippen LogP contribution in [0, 0.1) is 5.82 Å². The van der Waals surface area contributed by atoms with Crippen LogP contribution in [0.15, 0.2) is 41.8 Å². The Kier molecular flexibility index (Phi) is 5.24. The van der Waals surface area contributed by atoms with Crippen LogP contribution in [0.2, 0.25) is 0 Å². The van der Waals surface area contributed by atoms with Crippen LogP contribution in [0.5, 0.6) is 0 Å². The molecule has 2 aromatic rings. The van der Waals surface area contributed by atoms with E-state index in [0.29, 0.717) is 12.3 Å². The molecule has 0 atom stereocenters. The summed E-state index contributed by atoms with van der Waals surface area (Å²) >= 11 is 1.39. The van der Waals surface area contributed by atoms with Gasteiger partial charge in [0.05, 0.1) is 5.75 Å². The molecule has 0 aliphatic carbocycles. The minimum Gasteiger partial charge on any atom is -0.351 e. The van der Waals surface area contributed by atoms with Crippen molar-refractivity contribution in [1.29, 1.82) is 0 Å². The molecular formula is C16H20FN3OS. The van der Waals surface area contributed by atoms with Crippen LogP contribution >= 0.6 is 11.8 Å². The molecule has 6 heteroatoms. The van der Waals surface area contributed by atoms with Crippen molar-refractivity contribution in [2.24, 2.45) is 0 Å². The molecule has 0 fully saturated rings. The van der Waals surface area contributed by atoms with E-state index < -0.39 is 0 Å². The smallest absolute Gasteiger partial charge is 0.230 e. The summed E-state index contributed by atoms with van der Waals surface area (Å²) in [7, 11) is 0. The van der Waals surface area contributed by atoms with Gasteiger partial charge in [-0.3, -0.25) is 4.79 Å². The van der Waals surface area contributed by atoms with Crippen LogP contribution < -0.4 is 5.32 Å². The highest BCUT2D eigenvalue weighted by Gasteiger charge is 2.14. The predicted octanol–water partition coefficient (Wildman–Crippen LogP) is 3.08. The fourth-order valence-corrected chi connectivity index (χ4v) is 2.69. The molecule has 0 saturated heterocycles. The van der Waals surface area contributed by atoms with E-state index in [1.807, 2.05) is 31.5 Å². The standard InChI is InChI=1S/C16H20FN3OS/c1-16(2,3)19-14(21)11-22-15-18-8-9-20(15)10-12-4-6-13(17)7-5-12/h4-9H,10-11H2,1-3H3,(H,19,21). The van der Waals surface area contributed by atoms with Gasteiger partial charge in [-0.15, -0.1) is 0 Å². The zero-order valence-corrected chi connectivity index (χ0v) is 13.8. The molecule has 1 aromatic carbocycles. The number of aromatic nitrogens is 2. The lowest BCUT2D eigenvalue weighted by molar-refractivity contribution is -0.119. The number of carbonyl (C=O) groups excluding carboxylic acids is 1. The molecule has 4 nitrogen and oxygen atoms in total. The maximum absolute atomic E-state index is 12.9. The highest BCUT2D eigenvalue weighted by Crippen LogP contribution is 2.17. The first-order chi connectivity index (χ1) is 10.3. The van der Waals surface area contributed by atoms with Crippen LogP contribution in [-0.4, -0.2) is 26.8 Å². The quantitative estimate of drug-likeness (QED) is 0.861. The van der Waals surface area contributed by atoms with Crippen LogP contribution in [-0.2, 0) is 11.3 Å². The van der Waals surface area contributed by atoms with E-state index in [9.17, 15) is 9.18 Å². The molecule has 0 spiro atoms. The van der Waals surface area contributed by atoms with Gasteiger partial charge in [-0.1, -0.05) is 23.9 Å². The van der Waals surface area contributed by atoms with Crippen molar-refractivity contribution in [3.8, 4) is 0 Å². The molecule has 1 N–H and O–H groups in total. The molecule has 1 amide bonds. The second kappa shape index (κ2) is 6.96. The van der Waals surface area contributed by atoms with Gasteiger partial charge in [-0.25, -0.2) is 9.37 Å². The number of thioether (sulfide) groups is 1. The monoisotopic (exact) mass is 321 g/mol. The predicted molar refractivity (Wildman–Crippen MR) is 86.3 cm³/mol. The van der Waals surface area contributed by atoms with Crippen LogP contribution in [0.1, 0.15) is 26.3 Å². The van der Waals surface area contributed by atoms with E-state index in [0.717, 1.165) is 10.7 Å². The van der Waals surface area contributed by atoms with E-state index in [2.05, 4.69) is 10.3 Å². The summed E-state index contributed by atoms with van der Waals surface area (Å²) in [5.74, 6) is 0.0502. The zero-order valence-electron chi connectivity index (χ0n) is 13.0. The van der Waals surface area contributed by atoms with Gasteiger partial charge >= 0.3 is 0 Å². The summed E-state index contributed by atoms with van der Waals surface area (Å²) in [5.41, 5.74) is 0.752. The van der Waals surface area contributed by atoms with E-state index in [1.165, 1.54) is 23.9 Å². The number of halogens is 1. The first-order valence-corrected chi connectivity index (χ1v) is 8.01. The molecule has 1 aromatic heterocycles. The highest BCUT2D eigenvalue weighted by molar-refractivity contribution is 7.99. The van der Waals surface area contributed by atoms with E-state index in [1.54, 1.807) is 18.3 Å². The molecule has 0 aliphatic rings. The van der Waals surface area contributed by atoms with Gasteiger partial charge in [-0.05, 0) is 38.5 Å². The molecule has 2 rings (SSSR count). The third-order valence-electron chi connectivity index (χ3n) is 2.79. The van der Waals surface area contributed by atoms with Gasteiger partial charge in [0, 0.05) is 24.5 Å². The molecule has 118 valence electrons. The number of benzene rings is 1. The maximum Gasteiger partial charge on any atom is 0.230 e. The van der Waals surface area contributed by atoms with Crippen LogP contribution in [0.4, 0.5) is 4.39 Å². The Bertz CT molecular complexity index is 632. The van der Waals surface area contributed by atoms with Gasteiger partial charge in [-0.2, -0.15) is 0 Å². The molecule has 1 heterocycles. The Morgan fingerprint density at radius 1 is 1.32 bits per heavy atom. The van der Waals surface area contributed by atoms with Crippen molar-refractivity contribution < 1.29 is 9.18 Å². The molecular weight excluding hydrogens is 301 g/mol. The first-order valence-electron chi connectivity index (χ1n) is 7.03. The minimum absolute atomic E-state index is 0.0196. The zero-order chi connectivity index (χ0) is 16.2. The van der Waals surface area contributed by atoms with Gasteiger partial charge in [0.25, 0.3) is 0 Å². The number of rotatable bonds is 5. The third kappa shape index (κ3) is 5.18. The largest absolute Gasteiger partial charge is 0.351 e. The Hall–Kier alpha value is -1.82. The third-order valence-corrected chi connectivity index (χ3v) is 3.79. The lowest BCUT2D eigenvalue weighted by Gasteiger charge is -2.20. The number of nitrogens with one attached hydrogen (secondary N) is 1. The number of carbonyl (C=O) groups is 1. The molecule has 0 unspecified atom stereocenters. The Morgan fingerprint density at radius 3 is 2.64 bits per heavy atom. The second-order valence-corrected chi connectivity index (χ2v) is 6.99. The highest BCUT2D eigenvalue weighted by atomic mass is 32.2. The van der Waals surface area contributed by atoms with Crippen LogP contribution in [0.3, 0.4) is 0 Å². The van der Waals surface area contributed by atoms with E-state index >= 15 is 0 Å². The average molecular weight is 321 g/mol. The van der Waals surface area contributed by atoms with Gasteiger partial charge in [0.2, 0.25) is 5.91 Å². The number of hydrogen-bond donors (Lipinski definition) is 1. The molecule has 0 saturated carbocycles. The van der Waals surface area contributed by atoms with Crippen LogP contribution in [0.25, 0.3) is 0 Å². The summed E-state index contributed by atoms with van der Waals surface area (Å²) in [6.07, 6.45) is 3.56. The Labute approximate surface area is 134 Å². The number of amides is 1. The topological polar surface area (TPSA) is 46.9 Å².